The van der Waals surface area contributed by atoms with E-state index in [1.165, 1.54) is 0 Å². The van der Waals surface area contributed by atoms with Crippen LogP contribution in [0.2, 0.25) is 0 Å². The van der Waals surface area contributed by atoms with E-state index in [0.29, 0.717) is 12.8 Å². The van der Waals surface area contributed by atoms with Gasteiger partial charge in [-0.25, -0.2) is 5.84 Å². The molecule has 0 aliphatic heterocycles. The molecule has 0 fully saturated rings. The van der Waals surface area contributed by atoms with Crippen LogP contribution in [-0.2, 0) is 14.3 Å². The molecule has 1 unspecified atom stereocenters. The van der Waals surface area contributed by atoms with Gasteiger partial charge >= 0.3 is 5.97 Å². The van der Waals surface area contributed by atoms with E-state index in [0.717, 1.165) is 5.56 Å². The lowest BCUT2D eigenvalue weighted by Gasteiger charge is -2.28. The minimum atomic E-state index is -0.611. The average Bonchev–Trinajstić information content (AvgIpc) is 2.55. The van der Waals surface area contributed by atoms with Crippen molar-refractivity contribution in [3.8, 4) is 0 Å². The number of ether oxygens (including phenoxy) is 1. The third-order valence-electron chi connectivity index (χ3n) is 3.90. The van der Waals surface area contributed by atoms with E-state index < -0.39 is 17.4 Å². The van der Waals surface area contributed by atoms with Gasteiger partial charge in [0.25, 0.3) is 0 Å². The highest BCUT2D eigenvalue weighted by atomic mass is 16.6. The van der Waals surface area contributed by atoms with Crippen LogP contribution in [0.15, 0.2) is 36.4 Å². The average molecular weight is 360 g/mol. The van der Waals surface area contributed by atoms with Gasteiger partial charge in [-0.15, -0.1) is 0 Å². The predicted molar refractivity (Wildman–Crippen MR) is 105 cm³/mol. The SMILES string of the molecule is CC(C)CC(C(=O)NN)[C@H](CC=Cc1ccccc1)C(=O)OC(C)(C)C. The number of hydrogen-bond donors (Lipinski definition) is 2. The van der Waals surface area contributed by atoms with Crippen LogP contribution in [0.1, 0.15) is 53.0 Å². The van der Waals surface area contributed by atoms with E-state index in [1.807, 2.05) is 77.1 Å². The van der Waals surface area contributed by atoms with Crippen molar-refractivity contribution in [3.63, 3.8) is 0 Å². The van der Waals surface area contributed by atoms with Crippen LogP contribution in [0.4, 0.5) is 0 Å². The minimum absolute atomic E-state index is 0.250. The first kappa shape index (κ1) is 21.9. The van der Waals surface area contributed by atoms with Crippen LogP contribution in [0, 0.1) is 17.8 Å². The maximum atomic E-state index is 12.8. The third-order valence-corrected chi connectivity index (χ3v) is 3.90. The maximum absolute atomic E-state index is 12.8. The van der Waals surface area contributed by atoms with Crippen LogP contribution in [0.5, 0.6) is 0 Å². The smallest absolute Gasteiger partial charge is 0.310 e. The highest BCUT2D eigenvalue weighted by Gasteiger charge is 2.35. The van der Waals surface area contributed by atoms with Gasteiger partial charge < -0.3 is 4.74 Å². The minimum Gasteiger partial charge on any atom is -0.460 e. The van der Waals surface area contributed by atoms with Crippen molar-refractivity contribution < 1.29 is 14.3 Å². The summed E-state index contributed by atoms with van der Waals surface area (Å²) in [6.45, 7) is 9.50. The fraction of sp³-hybridized carbons (Fsp3) is 0.524. The molecule has 0 bridgehead atoms. The van der Waals surface area contributed by atoms with Gasteiger partial charge in [0.05, 0.1) is 11.8 Å². The summed E-state index contributed by atoms with van der Waals surface area (Å²) in [5, 5.41) is 0. The summed E-state index contributed by atoms with van der Waals surface area (Å²) in [4.78, 5) is 25.1. The number of allylic oxidation sites excluding steroid dienone is 1. The number of nitrogens with two attached hydrogens (primary N) is 1. The molecule has 1 aromatic carbocycles. The molecule has 144 valence electrons. The number of carbonyl (C=O) groups is 2. The number of amides is 1. The molecule has 26 heavy (non-hydrogen) atoms. The summed E-state index contributed by atoms with van der Waals surface area (Å²) in [5.41, 5.74) is 2.64. The molecule has 0 saturated heterocycles. The molecule has 1 rings (SSSR count). The molecule has 0 saturated carbocycles. The van der Waals surface area contributed by atoms with Crippen molar-refractivity contribution in [1.82, 2.24) is 5.43 Å². The third kappa shape index (κ3) is 7.83. The Morgan fingerprint density at radius 2 is 1.77 bits per heavy atom. The van der Waals surface area contributed by atoms with Gasteiger partial charge in [0.15, 0.2) is 0 Å². The van der Waals surface area contributed by atoms with Gasteiger partial charge in [0.2, 0.25) is 5.91 Å². The number of rotatable bonds is 8. The molecule has 0 aliphatic rings. The van der Waals surface area contributed by atoms with Crippen molar-refractivity contribution in [2.24, 2.45) is 23.6 Å². The lowest BCUT2D eigenvalue weighted by molar-refractivity contribution is -0.164. The lowest BCUT2D eigenvalue weighted by atomic mass is 9.82. The zero-order valence-electron chi connectivity index (χ0n) is 16.5. The van der Waals surface area contributed by atoms with Crippen molar-refractivity contribution in [2.75, 3.05) is 0 Å². The Morgan fingerprint density at radius 3 is 2.27 bits per heavy atom. The van der Waals surface area contributed by atoms with Crippen molar-refractivity contribution in [1.29, 1.82) is 0 Å². The van der Waals surface area contributed by atoms with Gasteiger partial charge in [0.1, 0.15) is 5.60 Å². The predicted octanol–water partition coefficient (Wildman–Crippen LogP) is 3.70. The van der Waals surface area contributed by atoms with E-state index in [-0.39, 0.29) is 17.8 Å². The van der Waals surface area contributed by atoms with Gasteiger partial charge in [-0.05, 0) is 45.1 Å². The Hall–Kier alpha value is -2.14. The Labute approximate surface area is 157 Å². The lowest BCUT2D eigenvalue weighted by Crippen LogP contribution is -2.43. The highest BCUT2D eigenvalue weighted by Crippen LogP contribution is 2.27. The molecule has 5 heteroatoms. The second-order valence-corrected chi connectivity index (χ2v) is 7.93. The van der Waals surface area contributed by atoms with Crippen molar-refractivity contribution >= 4 is 18.0 Å². The molecule has 1 amide bonds. The Morgan fingerprint density at radius 1 is 1.15 bits per heavy atom. The standard InChI is InChI=1S/C21H32N2O3/c1-15(2)14-18(19(24)23-22)17(20(25)26-21(3,4)5)13-9-12-16-10-7-6-8-11-16/h6-12,15,17-18H,13-14,22H2,1-5H3,(H,23,24)/t17-,18?/m0/s1. The summed E-state index contributed by atoms with van der Waals surface area (Å²) in [6.07, 6.45) is 4.84. The Bertz CT molecular complexity index is 603. The molecule has 0 heterocycles. The monoisotopic (exact) mass is 360 g/mol. The number of nitrogens with one attached hydrogen (secondary N) is 1. The van der Waals surface area contributed by atoms with E-state index >= 15 is 0 Å². The first-order valence-electron chi connectivity index (χ1n) is 9.09. The molecule has 0 radical (unpaired) electrons. The number of esters is 1. The summed E-state index contributed by atoms with van der Waals surface area (Å²) in [6, 6.07) is 9.82. The molecule has 0 aliphatic carbocycles. The summed E-state index contributed by atoms with van der Waals surface area (Å²) in [7, 11) is 0. The number of hydrogen-bond acceptors (Lipinski definition) is 4. The van der Waals surface area contributed by atoms with Crippen LogP contribution < -0.4 is 11.3 Å². The van der Waals surface area contributed by atoms with Gasteiger partial charge in [-0.2, -0.15) is 0 Å². The summed E-state index contributed by atoms with van der Waals surface area (Å²) >= 11 is 0. The van der Waals surface area contributed by atoms with Gasteiger partial charge in [-0.3, -0.25) is 15.0 Å². The zero-order chi connectivity index (χ0) is 19.7. The van der Waals surface area contributed by atoms with Crippen LogP contribution in [0.3, 0.4) is 0 Å². The van der Waals surface area contributed by atoms with Crippen LogP contribution >= 0.6 is 0 Å². The van der Waals surface area contributed by atoms with E-state index in [4.69, 9.17) is 10.6 Å². The fourth-order valence-electron chi connectivity index (χ4n) is 2.79. The molecule has 3 N–H and O–H groups in total. The molecular formula is C21H32N2O3. The fourth-order valence-corrected chi connectivity index (χ4v) is 2.79. The van der Waals surface area contributed by atoms with Gasteiger partial charge in [-0.1, -0.05) is 56.3 Å². The molecular weight excluding hydrogens is 328 g/mol. The maximum Gasteiger partial charge on any atom is 0.310 e. The van der Waals surface area contributed by atoms with Gasteiger partial charge in [0, 0.05) is 0 Å². The van der Waals surface area contributed by atoms with E-state index in [2.05, 4.69) is 5.43 Å². The number of carbonyl (C=O) groups excluding carboxylic acids is 2. The second-order valence-electron chi connectivity index (χ2n) is 7.93. The second kappa shape index (κ2) is 10.1. The molecule has 0 spiro atoms. The Kier molecular flexibility index (Phi) is 8.52. The summed E-state index contributed by atoms with van der Waals surface area (Å²) < 4.78 is 5.57. The van der Waals surface area contributed by atoms with Crippen LogP contribution in [0.25, 0.3) is 6.08 Å². The Balaban J connectivity index is 3.04. The largest absolute Gasteiger partial charge is 0.460 e. The summed E-state index contributed by atoms with van der Waals surface area (Å²) in [5.74, 6) is 3.80. The molecule has 1 aromatic rings. The number of benzene rings is 1. The van der Waals surface area contributed by atoms with Crippen molar-refractivity contribution in [3.05, 3.63) is 42.0 Å². The quantitative estimate of drug-likeness (QED) is 0.320. The molecule has 2 atom stereocenters. The van der Waals surface area contributed by atoms with E-state index in [9.17, 15) is 9.59 Å². The normalized spacial score (nSPS) is 14.3. The highest BCUT2D eigenvalue weighted by molar-refractivity contribution is 5.85. The molecule has 0 aromatic heterocycles. The first-order valence-corrected chi connectivity index (χ1v) is 9.09. The zero-order valence-corrected chi connectivity index (χ0v) is 16.5. The molecule has 5 nitrogen and oxygen atoms in total. The number of hydrazine groups is 1. The topological polar surface area (TPSA) is 81.4 Å². The van der Waals surface area contributed by atoms with Crippen LogP contribution in [-0.4, -0.2) is 17.5 Å². The van der Waals surface area contributed by atoms with E-state index in [1.54, 1.807) is 0 Å². The first-order chi connectivity index (χ1) is 12.1. The van der Waals surface area contributed by atoms with Crippen molar-refractivity contribution in [2.45, 2.75) is 53.1 Å².